The number of amides is 1. The first-order valence-corrected chi connectivity index (χ1v) is 10.7. The van der Waals surface area contributed by atoms with Crippen molar-refractivity contribution in [3.05, 3.63) is 77.5 Å². The Kier molecular flexibility index (Phi) is 8.31. The van der Waals surface area contributed by atoms with Gasteiger partial charge >= 0.3 is 0 Å². The summed E-state index contributed by atoms with van der Waals surface area (Å²) in [5.41, 5.74) is 0.318. The number of ether oxygens (including phenoxy) is 1. The highest BCUT2D eigenvalue weighted by Gasteiger charge is 2.46. The molecule has 0 saturated carbocycles. The van der Waals surface area contributed by atoms with Gasteiger partial charge in [-0.3, -0.25) is 9.69 Å². The molecule has 3 heterocycles. The number of nitrogens with zero attached hydrogens (tertiary/aromatic N) is 4. The van der Waals surface area contributed by atoms with Crippen LogP contribution in [0.1, 0.15) is 24.8 Å². The van der Waals surface area contributed by atoms with Gasteiger partial charge in [-0.25, -0.2) is 27.5 Å². The molecule has 1 amide bonds. The third kappa shape index (κ3) is 6.18. The Labute approximate surface area is 209 Å². The number of piperidine rings is 1. The molecule has 0 bridgehead atoms. The molecule has 3 aromatic rings. The van der Waals surface area contributed by atoms with E-state index in [-0.39, 0.29) is 42.9 Å². The summed E-state index contributed by atoms with van der Waals surface area (Å²) in [6.45, 7) is 1.52. The number of hydrogen-bond donors (Lipinski definition) is 1. The van der Waals surface area contributed by atoms with Gasteiger partial charge in [0.25, 0.3) is 5.92 Å². The van der Waals surface area contributed by atoms with E-state index < -0.39 is 41.8 Å². The van der Waals surface area contributed by atoms with Crippen molar-refractivity contribution in [2.75, 3.05) is 18.4 Å². The first-order chi connectivity index (χ1) is 16.6. The minimum absolute atomic E-state index is 0. The molecule has 1 N–H and O–H groups in total. The predicted octanol–water partition coefficient (Wildman–Crippen LogP) is 4.05. The fraction of sp³-hybridized carbons (Fsp3) is 0.304. The van der Waals surface area contributed by atoms with Gasteiger partial charge in [0.15, 0.2) is 29.8 Å². The van der Waals surface area contributed by atoms with E-state index in [0.29, 0.717) is 16.4 Å². The zero-order valence-electron chi connectivity index (χ0n) is 18.9. The van der Waals surface area contributed by atoms with E-state index in [2.05, 4.69) is 15.3 Å². The third-order valence-corrected chi connectivity index (χ3v) is 5.80. The number of rotatable bonds is 6. The maximum atomic E-state index is 14.6. The summed E-state index contributed by atoms with van der Waals surface area (Å²) >= 11 is 0. The summed E-state index contributed by atoms with van der Waals surface area (Å²) in [6, 6.07) is 4.76. The zero-order chi connectivity index (χ0) is 25.2. The summed E-state index contributed by atoms with van der Waals surface area (Å²) in [5.74, 6) is -6.54. The number of carbonyl (C=O) groups is 1. The number of pyridine rings is 1. The Morgan fingerprint density at radius 1 is 1.22 bits per heavy atom. The van der Waals surface area contributed by atoms with Gasteiger partial charge in [0.1, 0.15) is 5.82 Å². The highest BCUT2D eigenvalue weighted by atomic mass is 35.5. The van der Waals surface area contributed by atoms with Crippen molar-refractivity contribution in [2.24, 2.45) is 0 Å². The number of halogens is 5. The lowest BCUT2D eigenvalue weighted by Gasteiger charge is -2.40. The molecule has 2 unspecified atom stereocenters. The molecule has 0 aliphatic carbocycles. The van der Waals surface area contributed by atoms with E-state index >= 15 is 0 Å². The Balaban J connectivity index is 0.00000361. The molecule has 1 fully saturated rings. The molecular weight excluding hydrogens is 506 g/mol. The van der Waals surface area contributed by atoms with Crippen LogP contribution >= 0.6 is 12.4 Å². The average molecular weight is 528 g/mol. The van der Waals surface area contributed by atoms with Crippen molar-refractivity contribution in [2.45, 2.75) is 31.2 Å². The van der Waals surface area contributed by atoms with Gasteiger partial charge in [0.05, 0.1) is 24.4 Å². The van der Waals surface area contributed by atoms with E-state index in [4.69, 9.17) is 4.74 Å². The van der Waals surface area contributed by atoms with E-state index in [1.54, 1.807) is 11.8 Å². The first-order valence-electron chi connectivity index (χ1n) is 10.7. The molecule has 1 aromatic carbocycles. The van der Waals surface area contributed by atoms with Crippen molar-refractivity contribution in [3.63, 3.8) is 0 Å². The van der Waals surface area contributed by atoms with Crippen LogP contribution in [0, 0.1) is 16.8 Å². The second-order valence-corrected chi connectivity index (χ2v) is 8.13. The van der Waals surface area contributed by atoms with Crippen molar-refractivity contribution < 1.29 is 31.8 Å². The quantitative estimate of drug-likeness (QED) is 0.295. The first kappa shape index (κ1) is 27.1. The standard InChI is InChI=1S/C23H21F4N5O3.ClH/c1-14(31-9-6-23(26,27)17(13-31)15-4-7-32(34)8-5-15)22(33)30-20-11-29-21(12-28-20)35-19-3-2-16(24)10-18(19)25;/h2-5,7-8,10-12,14,17H,6,9,13H2,1H3,(H,28,30,33);1H. The molecule has 2 aromatic heterocycles. The number of carbonyl (C=O) groups excluding carboxylic acids is 1. The van der Waals surface area contributed by atoms with Gasteiger partial charge in [-0.1, -0.05) is 0 Å². The Morgan fingerprint density at radius 2 is 1.94 bits per heavy atom. The minimum Gasteiger partial charge on any atom is -0.619 e. The largest absolute Gasteiger partial charge is 0.619 e. The topological polar surface area (TPSA) is 94.3 Å². The summed E-state index contributed by atoms with van der Waals surface area (Å²) in [4.78, 5) is 22.3. The lowest BCUT2D eigenvalue weighted by atomic mass is 9.87. The Morgan fingerprint density at radius 3 is 2.58 bits per heavy atom. The maximum Gasteiger partial charge on any atom is 0.257 e. The SMILES string of the molecule is CC(C(=O)Nc1cnc(Oc2ccc(F)cc2F)cn1)N1CCC(F)(F)C(c2cc[n+]([O-])cc2)C1.Cl. The van der Waals surface area contributed by atoms with Crippen molar-refractivity contribution in [3.8, 4) is 11.6 Å². The molecule has 13 heteroatoms. The number of benzene rings is 1. The van der Waals surface area contributed by atoms with Crippen LogP contribution in [0.5, 0.6) is 11.6 Å². The zero-order valence-corrected chi connectivity index (χ0v) is 19.7. The highest BCUT2D eigenvalue weighted by Crippen LogP contribution is 2.40. The molecule has 2 atom stereocenters. The van der Waals surface area contributed by atoms with Crippen LogP contribution in [-0.4, -0.2) is 45.8 Å². The predicted molar refractivity (Wildman–Crippen MR) is 123 cm³/mol. The van der Waals surface area contributed by atoms with Crippen molar-refractivity contribution in [1.29, 1.82) is 0 Å². The molecule has 4 rings (SSSR count). The molecule has 1 saturated heterocycles. The van der Waals surface area contributed by atoms with Crippen LogP contribution in [0.2, 0.25) is 0 Å². The number of nitrogens with one attached hydrogen (secondary N) is 1. The van der Waals surface area contributed by atoms with Crippen LogP contribution < -0.4 is 14.8 Å². The van der Waals surface area contributed by atoms with Gasteiger partial charge in [-0.15, -0.1) is 12.4 Å². The molecule has 192 valence electrons. The van der Waals surface area contributed by atoms with Crippen molar-refractivity contribution >= 4 is 24.1 Å². The van der Waals surface area contributed by atoms with Gasteiger partial charge in [0, 0.05) is 37.7 Å². The fourth-order valence-corrected chi connectivity index (χ4v) is 3.78. The van der Waals surface area contributed by atoms with Crippen LogP contribution in [0.4, 0.5) is 23.4 Å². The number of aromatic nitrogens is 3. The van der Waals surface area contributed by atoms with E-state index in [9.17, 15) is 27.6 Å². The second kappa shape index (κ2) is 11.0. The number of likely N-dealkylation sites (tertiary alicyclic amines) is 1. The van der Waals surface area contributed by atoms with E-state index in [0.717, 1.165) is 30.7 Å². The minimum atomic E-state index is -2.98. The molecule has 0 spiro atoms. The van der Waals surface area contributed by atoms with Gasteiger partial charge in [-0.2, -0.15) is 4.73 Å². The summed E-state index contributed by atoms with van der Waals surface area (Å²) in [6.07, 6.45) is 4.23. The van der Waals surface area contributed by atoms with E-state index in [1.165, 1.54) is 18.3 Å². The van der Waals surface area contributed by atoms with E-state index in [1.807, 2.05) is 0 Å². The molecular formula is C23H22ClF4N5O3. The molecule has 8 nitrogen and oxygen atoms in total. The van der Waals surface area contributed by atoms with Crippen molar-refractivity contribution in [1.82, 2.24) is 14.9 Å². The third-order valence-electron chi connectivity index (χ3n) is 5.80. The van der Waals surface area contributed by atoms with Crippen LogP contribution in [-0.2, 0) is 4.79 Å². The summed E-state index contributed by atoms with van der Waals surface area (Å²) in [5, 5.41) is 13.8. The highest BCUT2D eigenvalue weighted by molar-refractivity contribution is 5.93. The monoisotopic (exact) mass is 527 g/mol. The Bertz CT molecular complexity index is 1200. The lowest BCUT2D eigenvalue weighted by Crippen LogP contribution is -2.52. The number of anilines is 1. The molecule has 1 aliphatic heterocycles. The van der Waals surface area contributed by atoms with Gasteiger partial charge < -0.3 is 15.3 Å². The van der Waals surface area contributed by atoms with Crippen LogP contribution in [0.25, 0.3) is 0 Å². The summed E-state index contributed by atoms with van der Waals surface area (Å²) in [7, 11) is 0. The normalized spacial score (nSPS) is 18.1. The maximum absolute atomic E-state index is 14.6. The summed E-state index contributed by atoms with van der Waals surface area (Å²) < 4.78 is 61.6. The smallest absolute Gasteiger partial charge is 0.257 e. The molecule has 1 aliphatic rings. The second-order valence-electron chi connectivity index (χ2n) is 8.13. The number of alkyl halides is 2. The van der Waals surface area contributed by atoms with Crippen LogP contribution in [0.15, 0.2) is 55.1 Å². The lowest BCUT2D eigenvalue weighted by molar-refractivity contribution is -0.605. The van der Waals surface area contributed by atoms with Gasteiger partial charge in [0.2, 0.25) is 11.8 Å². The molecule has 36 heavy (non-hydrogen) atoms. The van der Waals surface area contributed by atoms with Gasteiger partial charge in [-0.05, 0) is 24.6 Å². The number of hydrogen-bond acceptors (Lipinski definition) is 6. The fourth-order valence-electron chi connectivity index (χ4n) is 3.78. The molecule has 0 radical (unpaired) electrons. The van der Waals surface area contributed by atoms with Crippen LogP contribution in [0.3, 0.4) is 0 Å². The Hall–Kier alpha value is -3.51. The average Bonchev–Trinajstić information content (AvgIpc) is 2.82.